The Bertz CT molecular complexity index is 555. The summed E-state index contributed by atoms with van der Waals surface area (Å²) in [5.74, 6) is 0.904. The van der Waals surface area contributed by atoms with Gasteiger partial charge in [0.1, 0.15) is 5.75 Å². The predicted molar refractivity (Wildman–Crippen MR) is 79.6 cm³/mol. The average molecular weight is 271 g/mol. The Balaban J connectivity index is 1.72. The van der Waals surface area contributed by atoms with E-state index >= 15 is 0 Å². The van der Waals surface area contributed by atoms with E-state index in [1.807, 2.05) is 32.2 Å². The van der Waals surface area contributed by atoms with Crippen LogP contribution in [-0.2, 0) is 6.54 Å². The molecule has 1 saturated carbocycles. The number of hydrogen-bond acceptors (Lipinski definition) is 3. The summed E-state index contributed by atoms with van der Waals surface area (Å²) in [6.45, 7) is 4.94. The fourth-order valence-corrected chi connectivity index (χ4v) is 2.21. The molecule has 0 spiro atoms. The van der Waals surface area contributed by atoms with Crippen LogP contribution in [0.25, 0.3) is 11.3 Å². The van der Waals surface area contributed by atoms with Crippen molar-refractivity contribution in [2.75, 3.05) is 0 Å². The third-order valence-electron chi connectivity index (χ3n) is 3.39. The minimum Gasteiger partial charge on any atom is -0.491 e. The quantitative estimate of drug-likeness (QED) is 0.848. The van der Waals surface area contributed by atoms with Crippen molar-refractivity contribution in [1.82, 2.24) is 15.5 Å². The Morgan fingerprint density at radius 2 is 2.05 bits per heavy atom. The highest BCUT2D eigenvalue weighted by Crippen LogP contribution is 2.25. The first kappa shape index (κ1) is 13.2. The van der Waals surface area contributed by atoms with Crippen molar-refractivity contribution in [2.45, 2.75) is 45.4 Å². The van der Waals surface area contributed by atoms with Gasteiger partial charge in [0, 0.05) is 23.7 Å². The summed E-state index contributed by atoms with van der Waals surface area (Å²) in [5, 5.41) is 10.8. The molecule has 1 aliphatic carbocycles. The number of aromatic amines is 1. The van der Waals surface area contributed by atoms with Crippen LogP contribution in [0, 0.1) is 0 Å². The van der Waals surface area contributed by atoms with Gasteiger partial charge in [-0.3, -0.25) is 5.10 Å². The molecule has 1 aliphatic rings. The lowest BCUT2D eigenvalue weighted by Crippen LogP contribution is -2.15. The van der Waals surface area contributed by atoms with Gasteiger partial charge in [-0.05, 0) is 51.0 Å². The Labute approximate surface area is 119 Å². The number of aromatic nitrogens is 2. The van der Waals surface area contributed by atoms with Crippen LogP contribution in [0.3, 0.4) is 0 Å². The van der Waals surface area contributed by atoms with E-state index in [0.29, 0.717) is 6.04 Å². The topological polar surface area (TPSA) is 49.9 Å². The SMILES string of the molecule is CC(C)Oc1ccc(-c2[nH]ncc2CNC2CC2)cc1. The van der Waals surface area contributed by atoms with Crippen molar-refractivity contribution in [1.29, 1.82) is 0 Å². The molecule has 0 amide bonds. The lowest BCUT2D eigenvalue weighted by molar-refractivity contribution is 0.242. The maximum Gasteiger partial charge on any atom is 0.119 e. The van der Waals surface area contributed by atoms with E-state index in [4.69, 9.17) is 4.74 Å². The van der Waals surface area contributed by atoms with E-state index in [1.165, 1.54) is 18.4 Å². The summed E-state index contributed by atoms with van der Waals surface area (Å²) >= 11 is 0. The molecule has 2 aromatic rings. The number of rotatable bonds is 6. The minimum absolute atomic E-state index is 0.200. The first-order valence-electron chi connectivity index (χ1n) is 7.25. The van der Waals surface area contributed by atoms with Gasteiger partial charge in [-0.1, -0.05) is 0 Å². The molecule has 20 heavy (non-hydrogen) atoms. The van der Waals surface area contributed by atoms with Crippen LogP contribution in [-0.4, -0.2) is 22.3 Å². The third kappa shape index (κ3) is 3.20. The standard InChI is InChI=1S/C16H21N3O/c1-11(2)20-15-7-3-12(4-8-15)16-13(10-18-19-16)9-17-14-5-6-14/h3-4,7-8,10-11,14,17H,5-6,9H2,1-2H3,(H,18,19). The second kappa shape index (κ2) is 5.67. The smallest absolute Gasteiger partial charge is 0.119 e. The van der Waals surface area contributed by atoms with Crippen molar-refractivity contribution in [3.63, 3.8) is 0 Å². The zero-order chi connectivity index (χ0) is 13.9. The van der Waals surface area contributed by atoms with Gasteiger partial charge >= 0.3 is 0 Å². The zero-order valence-electron chi connectivity index (χ0n) is 12.0. The molecule has 0 saturated heterocycles. The van der Waals surface area contributed by atoms with E-state index in [-0.39, 0.29) is 6.10 Å². The molecule has 0 aliphatic heterocycles. The fourth-order valence-electron chi connectivity index (χ4n) is 2.21. The molecule has 0 bridgehead atoms. The summed E-state index contributed by atoms with van der Waals surface area (Å²) in [5.41, 5.74) is 3.45. The van der Waals surface area contributed by atoms with E-state index in [2.05, 4.69) is 27.6 Å². The van der Waals surface area contributed by atoms with Gasteiger partial charge in [0.15, 0.2) is 0 Å². The fraction of sp³-hybridized carbons (Fsp3) is 0.438. The van der Waals surface area contributed by atoms with E-state index in [9.17, 15) is 0 Å². The zero-order valence-corrected chi connectivity index (χ0v) is 12.0. The van der Waals surface area contributed by atoms with Crippen LogP contribution >= 0.6 is 0 Å². The summed E-state index contributed by atoms with van der Waals surface area (Å²) in [6.07, 6.45) is 4.71. The molecule has 0 unspecified atom stereocenters. The Hall–Kier alpha value is -1.81. The molecule has 4 heteroatoms. The maximum atomic E-state index is 5.67. The van der Waals surface area contributed by atoms with Crippen molar-refractivity contribution in [2.24, 2.45) is 0 Å². The Kier molecular flexibility index (Phi) is 3.74. The first-order valence-corrected chi connectivity index (χ1v) is 7.25. The van der Waals surface area contributed by atoms with Crippen molar-refractivity contribution in [3.8, 4) is 17.0 Å². The normalized spacial score (nSPS) is 14.8. The van der Waals surface area contributed by atoms with Crippen LogP contribution in [0.2, 0.25) is 0 Å². The van der Waals surface area contributed by atoms with Gasteiger partial charge < -0.3 is 10.1 Å². The number of nitrogens with one attached hydrogen (secondary N) is 2. The monoisotopic (exact) mass is 271 g/mol. The van der Waals surface area contributed by atoms with E-state index in [0.717, 1.165) is 23.6 Å². The van der Waals surface area contributed by atoms with Crippen molar-refractivity contribution in [3.05, 3.63) is 36.0 Å². The summed E-state index contributed by atoms with van der Waals surface area (Å²) in [6, 6.07) is 8.87. The number of hydrogen-bond donors (Lipinski definition) is 2. The molecule has 1 heterocycles. The van der Waals surface area contributed by atoms with Gasteiger partial charge in [0.05, 0.1) is 18.0 Å². The van der Waals surface area contributed by atoms with Crippen molar-refractivity contribution >= 4 is 0 Å². The molecule has 1 aromatic heterocycles. The van der Waals surface area contributed by atoms with Crippen LogP contribution in [0.5, 0.6) is 5.75 Å². The highest BCUT2D eigenvalue weighted by Gasteiger charge is 2.21. The summed E-state index contributed by atoms with van der Waals surface area (Å²) < 4.78 is 5.67. The van der Waals surface area contributed by atoms with Gasteiger partial charge in [0.2, 0.25) is 0 Å². The molecular formula is C16H21N3O. The molecule has 4 nitrogen and oxygen atoms in total. The highest BCUT2D eigenvalue weighted by molar-refractivity contribution is 5.63. The number of H-pyrrole nitrogens is 1. The summed E-state index contributed by atoms with van der Waals surface area (Å²) in [4.78, 5) is 0. The number of ether oxygens (including phenoxy) is 1. The van der Waals surface area contributed by atoms with Crippen LogP contribution in [0.1, 0.15) is 32.3 Å². The van der Waals surface area contributed by atoms with Crippen molar-refractivity contribution < 1.29 is 4.74 Å². The molecule has 1 aromatic carbocycles. The second-order valence-corrected chi connectivity index (χ2v) is 5.62. The lowest BCUT2D eigenvalue weighted by Gasteiger charge is -2.10. The van der Waals surface area contributed by atoms with E-state index in [1.54, 1.807) is 0 Å². The average Bonchev–Trinajstić information content (AvgIpc) is 3.14. The van der Waals surface area contributed by atoms with Crippen LogP contribution in [0.15, 0.2) is 30.5 Å². The lowest BCUT2D eigenvalue weighted by atomic mass is 10.1. The number of benzene rings is 1. The Morgan fingerprint density at radius 3 is 2.70 bits per heavy atom. The Morgan fingerprint density at radius 1 is 1.30 bits per heavy atom. The number of nitrogens with zero attached hydrogens (tertiary/aromatic N) is 1. The maximum absolute atomic E-state index is 5.67. The van der Waals surface area contributed by atoms with Gasteiger partial charge in [-0.15, -0.1) is 0 Å². The van der Waals surface area contributed by atoms with Gasteiger partial charge in [-0.25, -0.2) is 0 Å². The molecular weight excluding hydrogens is 250 g/mol. The summed E-state index contributed by atoms with van der Waals surface area (Å²) in [7, 11) is 0. The molecule has 106 valence electrons. The predicted octanol–water partition coefficient (Wildman–Crippen LogP) is 3.12. The second-order valence-electron chi connectivity index (χ2n) is 5.62. The largest absolute Gasteiger partial charge is 0.491 e. The van der Waals surface area contributed by atoms with Crippen LogP contribution in [0.4, 0.5) is 0 Å². The van der Waals surface area contributed by atoms with Gasteiger partial charge in [-0.2, -0.15) is 5.10 Å². The molecule has 0 atom stereocenters. The first-order chi connectivity index (χ1) is 9.72. The third-order valence-corrected chi connectivity index (χ3v) is 3.39. The van der Waals surface area contributed by atoms with E-state index < -0.39 is 0 Å². The minimum atomic E-state index is 0.200. The molecule has 2 N–H and O–H groups in total. The highest BCUT2D eigenvalue weighted by atomic mass is 16.5. The molecule has 1 fully saturated rings. The van der Waals surface area contributed by atoms with Gasteiger partial charge in [0.25, 0.3) is 0 Å². The molecule has 0 radical (unpaired) electrons. The molecule has 3 rings (SSSR count). The van der Waals surface area contributed by atoms with Crippen LogP contribution < -0.4 is 10.1 Å².